The Hall–Kier alpha value is -4.42. The van der Waals surface area contributed by atoms with Gasteiger partial charge in [0, 0.05) is 62.5 Å². The van der Waals surface area contributed by atoms with E-state index < -0.39 is 30.0 Å². The minimum absolute atomic E-state index is 0.123. The number of benzene rings is 2. The molecule has 0 atom stereocenters. The van der Waals surface area contributed by atoms with Gasteiger partial charge in [-0.05, 0) is 52.9 Å². The molecule has 13 heteroatoms. The maximum absolute atomic E-state index is 14.0. The molecule has 41 heavy (non-hydrogen) atoms. The Kier molecular flexibility index (Phi) is 7.45. The molecule has 0 radical (unpaired) electrons. The predicted octanol–water partition coefficient (Wildman–Crippen LogP) is 5.50. The number of carbonyl (C=O) groups excluding carboxylic acids is 1. The molecule has 216 valence electrons. The number of alkyl halides is 5. The van der Waals surface area contributed by atoms with Gasteiger partial charge < -0.3 is 18.9 Å². The molecule has 5 rings (SSSR count). The fourth-order valence-corrected chi connectivity index (χ4v) is 5.12. The Balaban J connectivity index is 1.60. The zero-order valence-electron chi connectivity index (χ0n) is 22.4. The number of ether oxygens (including phenoxy) is 2. The summed E-state index contributed by atoms with van der Waals surface area (Å²) in [6.45, 7) is 0.321. The van der Waals surface area contributed by atoms with Crippen LogP contribution in [0.1, 0.15) is 45.0 Å². The molecule has 0 fully saturated rings. The van der Waals surface area contributed by atoms with Gasteiger partial charge in [0.2, 0.25) is 0 Å². The Bertz CT molecular complexity index is 1570. The van der Waals surface area contributed by atoms with Gasteiger partial charge in [-0.2, -0.15) is 18.3 Å². The second kappa shape index (κ2) is 10.9. The number of nitrogens with zero attached hydrogens (tertiary/aromatic N) is 5. The van der Waals surface area contributed by atoms with E-state index in [1.165, 1.54) is 50.5 Å². The van der Waals surface area contributed by atoms with E-state index in [1.54, 1.807) is 29.2 Å². The monoisotopic (exact) mass is 575 g/mol. The van der Waals surface area contributed by atoms with Crippen molar-refractivity contribution in [1.82, 2.24) is 24.2 Å². The second-order valence-electron chi connectivity index (χ2n) is 9.64. The Morgan fingerprint density at radius 2 is 1.61 bits per heavy atom. The predicted molar refractivity (Wildman–Crippen MR) is 138 cm³/mol. The highest BCUT2D eigenvalue weighted by Gasteiger charge is 2.39. The molecular weight excluding hydrogens is 549 g/mol. The Morgan fingerprint density at radius 3 is 2.24 bits per heavy atom. The van der Waals surface area contributed by atoms with E-state index in [2.05, 4.69) is 10.1 Å². The third kappa shape index (κ3) is 5.61. The van der Waals surface area contributed by atoms with Crippen molar-refractivity contribution >= 4 is 5.91 Å². The molecule has 4 aromatic rings. The number of rotatable bonds is 8. The number of fused-ring (bicyclic) bond motifs is 1. The number of aromatic nitrogens is 4. The lowest BCUT2D eigenvalue weighted by atomic mass is 9.88. The number of methoxy groups -OCH3 is 2. The molecule has 2 aromatic heterocycles. The summed E-state index contributed by atoms with van der Waals surface area (Å²) >= 11 is 0. The van der Waals surface area contributed by atoms with E-state index in [4.69, 9.17) is 9.47 Å². The molecule has 0 N–H and O–H groups in total. The molecule has 1 aliphatic heterocycles. The van der Waals surface area contributed by atoms with E-state index in [9.17, 15) is 26.7 Å². The fourth-order valence-electron chi connectivity index (χ4n) is 5.12. The van der Waals surface area contributed by atoms with Crippen LogP contribution < -0.4 is 9.47 Å². The minimum atomic E-state index is -4.75. The maximum atomic E-state index is 14.0. The van der Waals surface area contributed by atoms with E-state index in [1.807, 2.05) is 0 Å². The highest BCUT2D eigenvalue weighted by Crippen LogP contribution is 2.40. The molecule has 1 aliphatic rings. The zero-order chi connectivity index (χ0) is 29.5. The summed E-state index contributed by atoms with van der Waals surface area (Å²) in [5.41, 5.74) is 0.665. The number of halogens is 5. The minimum Gasteiger partial charge on any atom is -0.497 e. The topological polar surface area (TPSA) is 74.4 Å². The summed E-state index contributed by atoms with van der Waals surface area (Å²) < 4.78 is 81.8. The van der Waals surface area contributed by atoms with Gasteiger partial charge >= 0.3 is 6.18 Å². The van der Waals surface area contributed by atoms with Crippen molar-refractivity contribution in [2.75, 3.05) is 20.8 Å². The van der Waals surface area contributed by atoms with E-state index in [0.717, 1.165) is 10.2 Å². The summed E-state index contributed by atoms with van der Waals surface area (Å²) in [5, 5.41) is 3.63. The summed E-state index contributed by atoms with van der Waals surface area (Å²) in [6, 6.07) is 8.30. The summed E-state index contributed by atoms with van der Waals surface area (Å²) in [4.78, 5) is 19.1. The molecule has 0 saturated heterocycles. The first kappa shape index (κ1) is 28.1. The van der Waals surface area contributed by atoms with Gasteiger partial charge in [-0.3, -0.25) is 9.48 Å². The highest BCUT2D eigenvalue weighted by atomic mass is 19.4. The van der Waals surface area contributed by atoms with Crippen molar-refractivity contribution < 1.29 is 36.2 Å². The van der Waals surface area contributed by atoms with Gasteiger partial charge in [0.05, 0.1) is 14.2 Å². The third-order valence-corrected chi connectivity index (χ3v) is 6.93. The lowest BCUT2D eigenvalue weighted by Crippen LogP contribution is -2.37. The maximum Gasteiger partial charge on any atom is 0.435 e. The van der Waals surface area contributed by atoms with Gasteiger partial charge in [0.25, 0.3) is 12.3 Å². The first-order valence-corrected chi connectivity index (χ1v) is 12.6. The van der Waals surface area contributed by atoms with Crippen molar-refractivity contribution in [1.29, 1.82) is 0 Å². The van der Waals surface area contributed by atoms with Crippen LogP contribution in [0.2, 0.25) is 0 Å². The number of aryl methyl sites for hydroxylation is 1. The molecular formula is C28H26F5N5O3. The van der Waals surface area contributed by atoms with Crippen LogP contribution in [0.5, 0.6) is 11.5 Å². The highest BCUT2D eigenvalue weighted by molar-refractivity contribution is 5.99. The number of hydrogen-bond donors (Lipinski definition) is 0. The van der Waals surface area contributed by atoms with Gasteiger partial charge in [0.1, 0.15) is 11.5 Å². The van der Waals surface area contributed by atoms with Crippen LogP contribution in [0.25, 0.3) is 11.1 Å². The van der Waals surface area contributed by atoms with Crippen molar-refractivity contribution in [3.8, 4) is 22.6 Å². The van der Waals surface area contributed by atoms with E-state index >= 15 is 0 Å². The van der Waals surface area contributed by atoms with Crippen molar-refractivity contribution in [2.45, 2.75) is 32.1 Å². The van der Waals surface area contributed by atoms with Crippen molar-refractivity contribution in [2.24, 2.45) is 7.05 Å². The molecule has 0 spiro atoms. The zero-order valence-corrected chi connectivity index (χ0v) is 22.4. The van der Waals surface area contributed by atoms with Gasteiger partial charge in [-0.15, -0.1) is 0 Å². The number of imidazole rings is 1. The van der Waals surface area contributed by atoms with Crippen molar-refractivity contribution in [3.05, 3.63) is 82.7 Å². The van der Waals surface area contributed by atoms with Crippen LogP contribution in [-0.2, 0) is 32.7 Å². The summed E-state index contributed by atoms with van der Waals surface area (Å²) in [5.74, 6) is 0.204. The van der Waals surface area contributed by atoms with Gasteiger partial charge in [0.15, 0.2) is 11.5 Å². The first-order chi connectivity index (χ1) is 19.5. The number of amides is 1. The van der Waals surface area contributed by atoms with Gasteiger partial charge in [-0.1, -0.05) is 0 Å². The molecule has 8 nitrogen and oxygen atoms in total. The first-order valence-electron chi connectivity index (χ1n) is 12.6. The largest absolute Gasteiger partial charge is 0.497 e. The molecule has 0 aliphatic carbocycles. The van der Waals surface area contributed by atoms with Crippen LogP contribution in [0, 0.1) is 0 Å². The molecule has 0 unspecified atom stereocenters. The lowest BCUT2D eigenvalue weighted by Gasteiger charge is -2.31. The number of carbonyl (C=O) groups is 1. The van der Waals surface area contributed by atoms with E-state index in [0.29, 0.717) is 22.6 Å². The second-order valence-corrected chi connectivity index (χ2v) is 9.64. The molecule has 0 saturated carbocycles. The summed E-state index contributed by atoms with van der Waals surface area (Å²) in [7, 11) is 4.40. The third-order valence-electron chi connectivity index (χ3n) is 6.93. The average Bonchev–Trinajstić information content (AvgIpc) is 3.56. The van der Waals surface area contributed by atoms with Crippen molar-refractivity contribution in [3.63, 3.8) is 0 Å². The average molecular weight is 576 g/mol. The Labute approximate surface area is 231 Å². The molecule has 0 bridgehead atoms. The standard InChI is InChI=1S/C28H26F5N5O3/c1-36-15-23(24(35-36)28(31,32)33)21-10-17(13-37-7-5-34-26(37)25(29)30)11-22-20(21)4-6-38(27(22)39)14-16-8-18(40-2)12-19(9-16)41-3/h5,7-12,15,25H,4,6,13-14H2,1-3H3. The van der Waals surface area contributed by atoms with Crippen LogP contribution >= 0.6 is 0 Å². The van der Waals surface area contributed by atoms with Crippen LogP contribution in [0.3, 0.4) is 0 Å². The quantitative estimate of drug-likeness (QED) is 0.260. The van der Waals surface area contributed by atoms with Crippen LogP contribution in [0.4, 0.5) is 22.0 Å². The smallest absolute Gasteiger partial charge is 0.435 e. The fraction of sp³-hybridized carbons (Fsp3) is 0.321. The van der Waals surface area contributed by atoms with Crippen LogP contribution in [0.15, 0.2) is 48.9 Å². The normalized spacial score (nSPS) is 13.6. The van der Waals surface area contributed by atoms with E-state index in [-0.39, 0.29) is 42.7 Å². The SMILES string of the molecule is COc1cc(CN2CCc3c(cc(Cn4ccnc4C(F)F)cc3-c3cn(C)nc3C(F)(F)F)C2=O)cc(OC)c1. The molecule has 1 amide bonds. The molecule has 3 heterocycles. The molecule has 2 aromatic carbocycles. The van der Waals surface area contributed by atoms with Gasteiger partial charge in [-0.25, -0.2) is 13.8 Å². The summed E-state index contributed by atoms with van der Waals surface area (Å²) in [6.07, 6.45) is -3.49. The van der Waals surface area contributed by atoms with Crippen LogP contribution in [-0.4, -0.2) is 50.9 Å². The lowest BCUT2D eigenvalue weighted by molar-refractivity contribution is -0.141. The number of hydrogen-bond acceptors (Lipinski definition) is 5. The Morgan fingerprint density at radius 1 is 0.951 bits per heavy atom.